The molecule has 5 heteroatoms. The van der Waals surface area contributed by atoms with Crippen LogP contribution in [0.25, 0.3) is 0 Å². The average molecular weight is 283 g/mol. The van der Waals surface area contributed by atoms with Crippen molar-refractivity contribution in [3.05, 3.63) is 0 Å². The van der Waals surface area contributed by atoms with Crippen LogP contribution in [-0.2, 0) is 9.59 Å². The zero-order valence-corrected chi connectivity index (χ0v) is 13.0. The molecule has 0 atom stereocenters. The van der Waals surface area contributed by atoms with Crippen LogP contribution in [0.3, 0.4) is 0 Å². The maximum Gasteiger partial charge on any atom is 0.223 e. The quantitative estimate of drug-likeness (QED) is 0.852. The van der Waals surface area contributed by atoms with Crippen molar-refractivity contribution in [3.63, 3.8) is 0 Å². The summed E-state index contributed by atoms with van der Waals surface area (Å²) >= 11 is 0. The molecule has 0 aromatic carbocycles. The molecule has 0 unspecified atom stereocenters. The van der Waals surface area contributed by atoms with E-state index in [0.29, 0.717) is 5.91 Å². The van der Waals surface area contributed by atoms with E-state index in [1.807, 2.05) is 4.90 Å². The van der Waals surface area contributed by atoms with Gasteiger partial charge in [0.15, 0.2) is 0 Å². The van der Waals surface area contributed by atoms with Gasteiger partial charge in [0.25, 0.3) is 0 Å². The number of carbonyl (C=O) groups excluding carboxylic acids is 2. The fraction of sp³-hybridized carbons (Fsp3) is 0.867. The zero-order chi connectivity index (χ0) is 14.8. The topological polar surface area (TPSA) is 52.7 Å². The van der Waals surface area contributed by atoms with Crippen molar-refractivity contribution >= 4 is 11.8 Å². The Kier molecular flexibility index (Phi) is 8.26. The number of likely N-dealkylation sites (tertiary alicyclic amines) is 1. The molecule has 0 aliphatic carbocycles. The summed E-state index contributed by atoms with van der Waals surface area (Å²) < 4.78 is 0. The zero-order valence-electron chi connectivity index (χ0n) is 13.0. The Balaban J connectivity index is 0.000000240. The summed E-state index contributed by atoms with van der Waals surface area (Å²) in [7, 11) is 0. The molecular weight excluding hydrogens is 254 g/mol. The molecule has 2 fully saturated rings. The molecule has 20 heavy (non-hydrogen) atoms. The first kappa shape index (κ1) is 17.0. The van der Waals surface area contributed by atoms with Crippen LogP contribution < -0.4 is 5.32 Å². The third-order valence-corrected chi connectivity index (χ3v) is 3.84. The Morgan fingerprint density at radius 2 is 1.75 bits per heavy atom. The minimum absolute atomic E-state index is 0.214. The Morgan fingerprint density at radius 3 is 2.20 bits per heavy atom. The second-order valence-corrected chi connectivity index (χ2v) is 5.37. The van der Waals surface area contributed by atoms with Crippen molar-refractivity contribution in [2.75, 3.05) is 32.8 Å². The normalized spacial score (nSPS) is 19.4. The summed E-state index contributed by atoms with van der Waals surface area (Å²) in [6.45, 7) is 9.00. The number of piperidine rings is 2. The SMILES string of the molecule is CCN(CC)CN1CCCCC1=O.O=C1CCCCN1. The first-order chi connectivity index (χ1) is 9.67. The predicted octanol–water partition coefficient (Wildman–Crippen LogP) is 1.58. The molecule has 1 N–H and O–H groups in total. The highest BCUT2D eigenvalue weighted by atomic mass is 16.2. The van der Waals surface area contributed by atoms with Gasteiger partial charge in [-0.15, -0.1) is 0 Å². The first-order valence-electron chi connectivity index (χ1n) is 7.94. The van der Waals surface area contributed by atoms with Gasteiger partial charge in [-0.3, -0.25) is 14.5 Å². The molecule has 2 heterocycles. The van der Waals surface area contributed by atoms with E-state index in [9.17, 15) is 9.59 Å². The van der Waals surface area contributed by atoms with Crippen molar-refractivity contribution in [1.29, 1.82) is 0 Å². The summed E-state index contributed by atoms with van der Waals surface area (Å²) in [5.41, 5.74) is 0. The van der Waals surface area contributed by atoms with E-state index >= 15 is 0 Å². The van der Waals surface area contributed by atoms with Crippen LogP contribution in [0, 0.1) is 0 Å². The first-order valence-corrected chi connectivity index (χ1v) is 7.94. The van der Waals surface area contributed by atoms with Gasteiger partial charge >= 0.3 is 0 Å². The van der Waals surface area contributed by atoms with Crippen molar-refractivity contribution in [2.45, 2.75) is 52.4 Å². The molecule has 0 saturated carbocycles. The summed E-state index contributed by atoms with van der Waals surface area (Å²) in [5, 5.41) is 2.74. The smallest absolute Gasteiger partial charge is 0.223 e. The van der Waals surface area contributed by atoms with Crippen molar-refractivity contribution < 1.29 is 9.59 Å². The molecule has 0 spiro atoms. The van der Waals surface area contributed by atoms with Crippen LogP contribution in [0.15, 0.2) is 0 Å². The Morgan fingerprint density at radius 1 is 1.05 bits per heavy atom. The molecule has 5 nitrogen and oxygen atoms in total. The highest BCUT2D eigenvalue weighted by molar-refractivity contribution is 5.76. The lowest BCUT2D eigenvalue weighted by Gasteiger charge is -2.31. The number of hydrogen-bond acceptors (Lipinski definition) is 3. The van der Waals surface area contributed by atoms with E-state index in [1.54, 1.807) is 0 Å². The van der Waals surface area contributed by atoms with Gasteiger partial charge in [0.05, 0.1) is 6.67 Å². The summed E-state index contributed by atoms with van der Waals surface area (Å²) in [6, 6.07) is 0. The highest BCUT2D eigenvalue weighted by Gasteiger charge is 2.18. The second kappa shape index (κ2) is 9.75. The number of nitrogens with one attached hydrogen (secondary N) is 1. The summed E-state index contributed by atoms with van der Waals surface area (Å²) in [6.07, 6.45) is 5.97. The monoisotopic (exact) mass is 283 g/mol. The molecule has 0 aromatic heterocycles. The van der Waals surface area contributed by atoms with Crippen LogP contribution in [0.2, 0.25) is 0 Å². The lowest BCUT2D eigenvalue weighted by atomic mass is 10.1. The molecule has 116 valence electrons. The van der Waals surface area contributed by atoms with Gasteiger partial charge in [0.2, 0.25) is 11.8 Å². The van der Waals surface area contributed by atoms with Crippen LogP contribution in [0.1, 0.15) is 52.4 Å². The van der Waals surface area contributed by atoms with E-state index in [4.69, 9.17) is 0 Å². The molecule has 2 saturated heterocycles. The van der Waals surface area contributed by atoms with E-state index in [0.717, 1.165) is 65.0 Å². The van der Waals surface area contributed by atoms with Crippen LogP contribution >= 0.6 is 0 Å². The number of nitrogens with zero attached hydrogens (tertiary/aromatic N) is 2. The maximum atomic E-state index is 11.5. The van der Waals surface area contributed by atoms with Gasteiger partial charge in [-0.1, -0.05) is 13.8 Å². The van der Waals surface area contributed by atoms with Gasteiger partial charge in [-0.05, 0) is 38.8 Å². The van der Waals surface area contributed by atoms with Gasteiger partial charge in [-0.2, -0.15) is 0 Å². The Bertz CT molecular complexity index is 295. The lowest BCUT2D eigenvalue weighted by molar-refractivity contribution is -0.135. The average Bonchev–Trinajstić information content (AvgIpc) is 2.48. The highest BCUT2D eigenvalue weighted by Crippen LogP contribution is 2.10. The molecule has 2 aliphatic heterocycles. The van der Waals surface area contributed by atoms with Gasteiger partial charge in [0.1, 0.15) is 0 Å². The van der Waals surface area contributed by atoms with Crippen LogP contribution in [-0.4, -0.2) is 54.5 Å². The minimum Gasteiger partial charge on any atom is -0.356 e. The maximum absolute atomic E-state index is 11.5. The molecule has 0 aromatic rings. The third kappa shape index (κ3) is 6.37. The van der Waals surface area contributed by atoms with Gasteiger partial charge < -0.3 is 10.2 Å². The molecule has 0 radical (unpaired) electrons. The third-order valence-electron chi connectivity index (χ3n) is 3.84. The van der Waals surface area contributed by atoms with Crippen LogP contribution in [0.4, 0.5) is 0 Å². The largest absolute Gasteiger partial charge is 0.356 e. The number of hydrogen-bond donors (Lipinski definition) is 1. The van der Waals surface area contributed by atoms with E-state index in [2.05, 4.69) is 24.1 Å². The fourth-order valence-corrected chi connectivity index (χ4v) is 2.40. The molecule has 2 amide bonds. The van der Waals surface area contributed by atoms with Gasteiger partial charge in [-0.25, -0.2) is 0 Å². The van der Waals surface area contributed by atoms with Crippen molar-refractivity contribution in [3.8, 4) is 0 Å². The standard InChI is InChI=1S/C10H20N2O.C5H9NO/c1-3-11(4-2)9-12-8-6-5-7-10(12)13;7-5-3-1-2-4-6-5/h3-9H2,1-2H3;1-4H2,(H,6,7). The molecule has 2 rings (SSSR count). The van der Waals surface area contributed by atoms with Crippen LogP contribution in [0.5, 0.6) is 0 Å². The van der Waals surface area contributed by atoms with Crippen molar-refractivity contribution in [2.24, 2.45) is 0 Å². The molecular formula is C15H29N3O2. The molecule has 2 aliphatic rings. The van der Waals surface area contributed by atoms with Gasteiger partial charge in [0, 0.05) is 25.9 Å². The van der Waals surface area contributed by atoms with E-state index in [1.165, 1.54) is 6.42 Å². The summed E-state index contributed by atoms with van der Waals surface area (Å²) in [4.78, 5) is 26.1. The lowest BCUT2D eigenvalue weighted by Crippen LogP contribution is -2.43. The van der Waals surface area contributed by atoms with Crippen molar-refractivity contribution in [1.82, 2.24) is 15.1 Å². The number of amides is 2. The van der Waals surface area contributed by atoms with E-state index < -0.39 is 0 Å². The Hall–Kier alpha value is -1.10. The number of rotatable bonds is 4. The van der Waals surface area contributed by atoms with E-state index in [-0.39, 0.29) is 5.91 Å². The minimum atomic E-state index is 0.214. The number of carbonyl (C=O) groups is 2. The second-order valence-electron chi connectivity index (χ2n) is 5.37. The fourth-order valence-electron chi connectivity index (χ4n) is 2.40. The summed E-state index contributed by atoms with van der Waals surface area (Å²) in [5.74, 6) is 0.546. The Labute approximate surface area is 122 Å². The predicted molar refractivity (Wildman–Crippen MR) is 80.2 cm³/mol. The molecule has 0 bridgehead atoms.